The molecular weight excluding hydrogens is 284 g/mol. The number of hydrogen-bond donors (Lipinski definition) is 2. The van der Waals surface area contributed by atoms with Gasteiger partial charge in [-0.05, 0) is 37.1 Å². The van der Waals surface area contributed by atoms with Crippen molar-refractivity contribution >= 4 is 22.9 Å². The summed E-state index contributed by atoms with van der Waals surface area (Å²) in [5, 5.41) is 0.876. The van der Waals surface area contributed by atoms with Gasteiger partial charge in [-0.1, -0.05) is 0 Å². The molecule has 0 saturated heterocycles. The maximum atomic E-state index is 11.9. The molecule has 5 nitrogen and oxygen atoms in total. The van der Waals surface area contributed by atoms with Crippen LogP contribution in [0.25, 0.3) is 10.6 Å². The van der Waals surface area contributed by atoms with Gasteiger partial charge in [0.05, 0.1) is 5.69 Å². The molecule has 1 heterocycles. The summed E-state index contributed by atoms with van der Waals surface area (Å²) in [7, 11) is 4.01. The van der Waals surface area contributed by atoms with Crippen molar-refractivity contribution in [2.75, 3.05) is 19.0 Å². The monoisotopic (exact) mass is 302 g/mol. The fraction of sp³-hybridized carbons (Fsp3) is 0.333. The van der Waals surface area contributed by atoms with Crippen molar-refractivity contribution in [3.8, 4) is 10.6 Å². The van der Waals surface area contributed by atoms with Crippen molar-refractivity contribution in [2.45, 2.75) is 18.8 Å². The first-order valence-corrected chi connectivity index (χ1v) is 7.71. The Morgan fingerprint density at radius 3 is 2.52 bits per heavy atom. The lowest BCUT2D eigenvalue weighted by atomic mass is 10.2. The molecule has 1 aliphatic rings. The van der Waals surface area contributed by atoms with Crippen molar-refractivity contribution in [1.29, 1.82) is 0 Å². The van der Waals surface area contributed by atoms with Crippen LogP contribution in [0.15, 0.2) is 24.3 Å². The predicted molar refractivity (Wildman–Crippen MR) is 85.5 cm³/mol. The molecule has 3 rings (SSSR count). The normalized spacial score (nSPS) is 14.0. The fourth-order valence-corrected chi connectivity index (χ4v) is 3.28. The van der Waals surface area contributed by atoms with E-state index in [-0.39, 0.29) is 5.91 Å². The van der Waals surface area contributed by atoms with Gasteiger partial charge in [-0.15, -0.1) is 11.3 Å². The average molecular weight is 302 g/mol. The molecule has 0 aliphatic heterocycles. The summed E-state index contributed by atoms with van der Waals surface area (Å²) in [6.07, 6.45) is 2.21. The lowest BCUT2D eigenvalue weighted by molar-refractivity contribution is 0.0956. The van der Waals surface area contributed by atoms with Crippen LogP contribution in [0.2, 0.25) is 0 Å². The summed E-state index contributed by atoms with van der Waals surface area (Å²) in [5.41, 5.74) is 5.28. The number of nitrogens with one attached hydrogen (secondary N) is 1. The number of carbonyl (C=O) groups is 1. The molecular formula is C15H18N4OS. The number of amides is 1. The lowest BCUT2D eigenvalue weighted by Gasteiger charge is -2.11. The summed E-state index contributed by atoms with van der Waals surface area (Å²) in [6, 6.07) is 8.18. The molecule has 6 heteroatoms. The van der Waals surface area contributed by atoms with Gasteiger partial charge in [-0.25, -0.2) is 10.8 Å². The Labute approximate surface area is 127 Å². The van der Waals surface area contributed by atoms with E-state index in [1.807, 2.05) is 26.2 Å². The van der Waals surface area contributed by atoms with E-state index in [1.165, 1.54) is 11.3 Å². The zero-order valence-electron chi connectivity index (χ0n) is 12.1. The second-order valence-corrected chi connectivity index (χ2v) is 6.42. The number of rotatable bonds is 4. The Hall–Kier alpha value is -1.92. The number of nitrogens with zero attached hydrogens (tertiary/aromatic N) is 2. The first-order valence-electron chi connectivity index (χ1n) is 6.89. The number of hydrogen-bond acceptors (Lipinski definition) is 5. The molecule has 110 valence electrons. The smallest absolute Gasteiger partial charge is 0.277 e. The number of hydrazine groups is 1. The zero-order chi connectivity index (χ0) is 15.0. The first kappa shape index (κ1) is 14.0. The van der Waals surface area contributed by atoms with E-state index in [2.05, 4.69) is 27.4 Å². The molecule has 1 fully saturated rings. The molecule has 3 N–H and O–H groups in total. The average Bonchev–Trinajstić information content (AvgIpc) is 3.25. The standard InChI is InChI=1S/C15H18N4OS/c1-19(2)11-7-5-10(6-8-11)15-17-12(9-3-4-9)13(21-15)14(20)18-16/h5-9H,3-4,16H2,1-2H3,(H,18,20). The Morgan fingerprint density at radius 2 is 2.00 bits per heavy atom. The summed E-state index contributed by atoms with van der Waals surface area (Å²) in [5.74, 6) is 5.44. The third kappa shape index (κ3) is 2.77. The van der Waals surface area contributed by atoms with Crippen LogP contribution < -0.4 is 16.2 Å². The van der Waals surface area contributed by atoms with Crippen molar-refractivity contribution in [3.63, 3.8) is 0 Å². The fourth-order valence-electron chi connectivity index (χ4n) is 2.22. The minimum atomic E-state index is -0.245. The number of nitrogens with two attached hydrogens (primary N) is 1. The number of aromatic nitrogens is 1. The SMILES string of the molecule is CN(C)c1ccc(-c2nc(C3CC3)c(C(=O)NN)s2)cc1. The summed E-state index contributed by atoms with van der Waals surface area (Å²) in [4.78, 5) is 19.3. The third-order valence-electron chi connectivity index (χ3n) is 3.59. The number of carbonyl (C=O) groups excluding carboxylic acids is 1. The Balaban J connectivity index is 1.96. The van der Waals surface area contributed by atoms with E-state index in [4.69, 9.17) is 5.84 Å². The molecule has 1 amide bonds. The van der Waals surface area contributed by atoms with Crippen molar-refractivity contribution < 1.29 is 4.79 Å². The molecule has 0 spiro atoms. The minimum absolute atomic E-state index is 0.245. The van der Waals surface area contributed by atoms with Gasteiger partial charge in [0.15, 0.2) is 0 Å². The largest absolute Gasteiger partial charge is 0.378 e. The van der Waals surface area contributed by atoms with Gasteiger partial charge in [0.25, 0.3) is 5.91 Å². The quantitative estimate of drug-likeness (QED) is 0.517. The maximum Gasteiger partial charge on any atom is 0.277 e. The molecule has 0 atom stereocenters. The number of thiazole rings is 1. The summed E-state index contributed by atoms with van der Waals surface area (Å²) in [6.45, 7) is 0. The molecule has 1 aliphatic carbocycles. The highest BCUT2D eigenvalue weighted by Gasteiger charge is 2.32. The Bertz CT molecular complexity index is 659. The summed E-state index contributed by atoms with van der Waals surface area (Å²) < 4.78 is 0. The van der Waals surface area contributed by atoms with Crippen molar-refractivity contribution in [1.82, 2.24) is 10.4 Å². The van der Waals surface area contributed by atoms with Crippen LogP contribution in [0.1, 0.15) is 34.1 Å². The second kappa shape index (κ2) is 5.46. The van der Waals surface area contributed by atoms with Gasteiger partial charge in [0.2, 0.25) is 0 Å². The third-order valence-corrected chi connectivity index (χ3v) is 4.70. The number of nitrogen functional groups attached to an aromatic ring is 1. The lowest BCUT2D eigenvalue weighted by Crippen LogP contribution is -2.29. The predicted octanol–water partition coefficient (Wildman–Crippen LogP) is 2.36. The Kier molecular flexibility index (Phi) is 3.65. The molecule has 1 saturated carbocycles. The molecule has 0 radical (unpaired) electrons. The van der Waals surface area contributed by atoms with Gasteiger partial charge in [-0.2, -0.15) is 0 Å². The van der Waals surface area contributed by atoms with Gasteiger partial charge in [0, 0.05) is 31.3 Å². The van der Waals surface area contributed by atoms with E-state index < -0.39 is 0 Å². The van der Waals surface area contributed by atoms with Crippen molar-refractivity contribution in [2.24, 2.45) is 5.84 Å². The van der Waals surface area contributed by atoms with Gasteiger partial charge in [-0.3, -0.25) is 10.2 Å². The first-order chi connectivity index (χ1) is 10.1. The highest BCUT2D eigenvalue weighted by atomic mass is 32.1. The molecule has 1 aromatic carbocycles. The topological polar surface area (TPSA) is 71.2 Å². The van der Waals surface area contributed by atoms with E-state index in [0.717, 1.165) is 34.8 Å². The number of anilines is 1. The molecule has 0 unspecified atom stereocenters. The molecule has 0 bridgehead atoms. The van der Waals surface area contributed by atoms with E-state index in [0.29, 0.717) is 10.8 Å². The number of benzene rings is 1. The van der Waals surface area contributed by atoms with E-state index in [1.54, 1.807) is 0 Å². The van der Waals surface area contributed by atoms with Gasteiger partial charge >= 0.3 is 0 Å². The highest BCUT2D eigenvalue weighted by Crippen LogP contribution is 2.44. The Morgan fingerprint density at radius 1 is 1.33 bits per heavy atom. The molecule has 2 aromatic rings. The van der Waals surface area contributed by atoms with Crippen molar-refractivity contribution in [3.05, 3.63) is 34.8 Å². The van der Waals surface area contributed by atoms with E-state index in [9.17, 15) is 4.79 Å². The maximum absolute atomic E-state index is 11.9. The minimum Gasteiger partial charge on any atom is -0.378 e. The van der Waals surface area contributed by atoms with Crippen LogP contribution in [0.4, 0.5) is 5.69 Å². The summed E-state index contributed by atoms with van der Waals surface area (Å²) >= 11 is 1.41. The van der Waals surface area contributed by atoms with Crippen LogP contribution in [0.5, 0.6) is 0 Å². The van der Waals surface area contributed by atoms with E-state index >= 15 is 0 Å². The van der Waals surface area contributed by atoms with Crippen LogP contribution >= 0.6 is 11.3 Å². The van der Waals surface area contributed by atoms with Crippen LogP contribution in [0.3, 0.4) is 0 Å². The van der Waals surface area contributed by atoms with Crippen LogP contribution in [0, 0.1) is 0 Å². The van der Waals surface area contributed by atoms with Crippen LogP contribution in [-0.4, -0.2) is 25.0 Å². The molecule has 1 aromatic heterocycles. The second-order valence-electron chi connectivity index (χ2n) is 5.42. The zero-order valence-corrected chi connectivity index (χ0v) is 12.9. The van der Waals surface area contributed by atoms with Gasteiger partial charge < -0.3 is 4.90 Å². The molecule has 21 heavy (non-hydrogen) atoms. The van der Waals surface area contributed by atoms with Gasteiger partial charge in [0.1, 0.15) is 9.88 Å². The van der Waals surface area contributed by atoms with Crippen LogP contribution in [-0.2, 0) is 0 Å². The highest BCUT2D eigenvalue weighted by molar-refractivity contribution is 7.17.